The zero-order valence-electron chi connectivity index (χ0n) is 13.8. The second kappa shape index (κ2) is 7.81. The lowest BCUT2D eigenvalue weighted by Crippen LogP contribution is -2.42. The maximum absolute atomic E-state index is 13.2. The van der Waals surface area contributed by atoms with Gasteiger partial charge < -0.3 is 15.4 Å². The van der Waals surface area contributed by atoms with Crippen molar-refractivity contribution in [2.75, 3.05) is 20.1 Å². The van der Waals surface area contributed by atoms with Gasteiger partial charge in [-0.3, -0.25) is 4.99 Å². The molecule has 0 amide bonds. The van der Waals surface area contributed by atoms with Crippen LogP contribution < -0.4 is 15.4 Å². The predicted octanol–water partition coefficient (Wildman–Crippen LogP) is 2.54. The van der Waals surface area contributed by atoms with E-state index in [1.807, 2.05) is 24.3 Å². The van der Waals surface area contributed by atoms with Crippen LogP contribution in [-0.4, -0.2) is 32.2 Å². The molecule has 0 radical (unpaired) electrons. The molecule has 1 aliphatic heterocycles. The van der Waals surface area contributed by atoms with Gasteiger partial charge in [0.2, 0.25) is 0 Å². The lowest BCUT2D eigenvalue weighted by molar-refractivity contribution is 0.235. The minimum Gasteiger partial charge on any atom is -0.488 e. The van der Waals surface area contributed by atoms with Crippen molar-refractivity contribution in [3.63, 3.8) is 0 Å². The SMILES string of the molecule is CN=C(NCCc1cccc(F)c1)NCC1Cc2ccccc2O1. The molecular weight excluding hydrogens is 305 g/mol. The Morgan fingerprint density at radius 1 is 1.21 bits per heavy atom. The second-order valence-corrected chi connectivity index (χ2v) is 5.81. The van der Waals surface area contributed by atoms with Crippen molar-refractivity contribution in [1.29, 1.82) is 0 Å². The van der Waals surface area contributed by atoms with Gasteiger partial charge in [0.05, 0.1) is 6.54 Å². The van der Waals surface area contributed by atoms with Crippen molar-refractivity contribution in [3.05, 3.63) is 65.5 Å². The summed E-state index contributed by atoms with van der Waals surface area (Å²) in [6, 6.07) is 14.8. The number of hydrogen-bond acceptors (Lipinski definition) is 2. The van der Waals surface area contributed by atoms with Crippen LogP contribution in [0.25, 0.3) is 0 Å². The minimum absolute atomic E-state index is 0.115. The number of benzene rings is 2. The van der Waals surface area contributed by atoms with Crippen LogP contribution in [0, 0.1) is 5.82 Å². The quantitative estimate of drug-likeness (QED) is 0.655. The van der Waals surface area contributed by atoms with Gasteiger partial charge in [0.1, 0.15) is 17.7 Å². The van der Waals surface area contributed by atoms with Crippen molar-refractivity contribution in [1.82, 2.24) is 10.6 Å². The number of ether oxygens (including phenoxy) is 1. The van der Waals surface area contributed by atoms with Gasteiger partial charge in [0.15, 0.2) is 5.96 Å². The molecule has 5 heteroatoms. The van der Waals surface area contributed by atoms with E-state index in [0.717, 1.165) is 30.1 Å². The largest absolute Gasteiger partial charge is 0.488 e. The van der Waals surface area contributed by atoms with Gasteiger partial charge in [0, 0.05) is 20.0 Å². The molecule has 126 valence electrons. The van der Waals surface area contributed by atoms with E-state index >= 15 is 0 Å². The van der Waals surface area contributed by atoms with Gasteiger partial charge in [0.25, 0.3) is 0 Å². The second-order valence-electron chi connectivity index (χ2n) is 5.81. The van der Waals surface area contributed by atoms with E-state index in [1.54, 1.807) is 19.2 Å². The fourth-order valence-corrected chi connectivity index (χ4v) is 2.82. The average Bonchev–Trinajstić information content (AvgIpc) is 3.01. The number of nitrogens with zero attached hydrogens (tertiary/aromatic N) is 1. The first-order chi connectivity index (χ1) is 11.7. The number of para-hydroxylation sites is 1. The summed E-state index contributed by atoms with van der Waals surface area (Å²) in [7, 11) is 1.74. The first-order valence-corrected chi connectivity index (χ1v) is 8.18. The summed E-state index contributed by atoms with van der Waals surface area (Å²) in [6.45, 7) is 1.38. The van der Waals surface area contributed by atoms with Crippen molar-refractivity contribution >= 4 is 5.96 Å². The summed E-state index contributed by atoms with van der Waals surface area (Å²) >= 11 is 0. The topological polar surface area (TPSA) is 45.7 Å². The zero-order chi connectivity index (χ0) is 16.8. The Balaban J connectivity index is 1.41. The van der Waals surface area contributed by atoms with E-state index in [9.17, 15) is 4.39 Å². The van der Waals surface area contributed by atoms with Crippen LogP contribution >= 0.6 is 0 Å². The highest BCUT2D eigenvalue weighted by molar-refractivity contribution is 5.79. The molecule has 0 saturated heterocycles. The first-order valence-electron chi connectivity index (χ1n) is 8.18. The molecular formula is C19H22FN3O. The fourth-order valence-electron chi connectivity index (χ4n) is 2.82. The molecule has 24 heavy (non-hydrogen) atoms. The van der Waals surface area contributed by atoms with Gasteiger partial charge >= 0.3 is 0 Å². The molecule has 0 bridgehead atoms. The first kappa shape index (κ1) is 16.3. The molecule has 0 aliphatic carbocycles. The number of hydrogen-bond donors (Lipinski definition) is 2. The van der Waals surface area contributed by atoms with Crippen molar-refractivity contribution < 1.29 is 9.13 Å². The maximum Gasteiger partial charge on any atom is 0.191 e. The third-order valence-electron chi connectivity index (χ3n) is 4.03. The molecule has 2 N–H and O–H groups in total. The molecule has 1 heterocycles. The monoisotopic (exact) mass is 327 g/mol. The molecule has 0 fully saturated rings. The van der Waals surface area contributed by atoms with Crippen LogP contribution in [0.15, 0.2) is 53.5 Å². The third-order valence-corrected chi connectivity index (χ3v) is 4.03. The average molecular weight is 327 g/mol. The summed E-state index contributed by atoms with van der Waals surface area (Å²) in [4.78, 5) is 4.21. The Labute approximate surface area is 141 Å². The molecule has 1 atom stereocenters. The molecule has 4 nitrogen and oxygen atoms in total. The number of fused-ring (bicyclic) bond motifs is 1. The Morgan fingerprint density at radius 2 is 2.08 bits per heavy atom. The van der Waals surface area contributed by atoms with Crippen LogP contribution in [-0.2, 0) is 12.8 Å². The van der Waals surface area contributed by atoms with E-state index in [2.05, 4.69) is 21.7 Å². The molecule has 2 aromatic carbocycles. The lowest BCUT2D eigenvalue weighted by atomic mass is 10.1. The van der Waals surface area contributed by atoms with Crippen LogP contribution in [0.3, 0.4) is 0 Å². The molecule has 2 aromatic rings. The van der Waals surface area contributed by atoms with Crippen molar-refractivity contribution in [2.24, 2.45) is 4.99 Å². The van der Waals surface area contributed by atoms with Gasteiger partial charge in [-0.1, -0.05) is 30.3 Å². The normalized spacial score (nSPS) is 16.4. The van der Waals surface area contributed by atoms with Crippen molar-refractivity contribution in [3.8, 4) is 5.75 Å². The highest BCUT2D eigenvalue weighted by Crippen LogP contribution is 2.27. The summed E-state index contributed by atoms with van der Waals surface area (Å²) in [6.07, 6.45) is 1.76. The van der Waals surface area contributed by atoms with Crippen LogP contribution in [0.4, 0.5) is 4.39 Å². The minimum atomic E-state index is -0.201. The fraction of sp³-hybridized carbons (Fsp3) is 0.316. The molecule has 3 rings (SSSR count). The summed E-state index contributed by atoms with van der Waals surface area (Å²) in [5.41, 5.74) is 2.21. The van der Waals surface area contributed by atoms with Crippen LogP contribution in [0.1, 0.15) is 11.1 Å². The van der Waals surface area contributed by atoms with Gasteiger partial charge in [-0.15, -0.1) is 0 Å². The Bertz CT molecular complexity index is 692. The van der Waals surface area contributed by atoms with E-state index in [1.165, 1.54) is 11.6 Å². The lowest BCUT2D eigenvalue weighted by Gasteiger charge is -2.15. The number of rotatable bonds is 5. The maximum atomic E-state index is 13.2. The van der Waals surface area contributed by atoms with Gasteiger partial charge in [-0.05, 0) is 35.7 Å². The molecule has 1 aliphatic rings. The number of aliphatic imine (C=N–C) groups is 1. The summed E-state index contributed by atoms with van der Waals surface area (Å²) < 4.78 is 19.1. The van der Waals surface area contributed by atoms with E-state index in [0.29, 0.717) is 13.1 Å². The van der Waals surface area contributed by atoms with Gasteiger partial charge in [-0.2, -0.15) is 0 Å². The summed E-state index contributed by atoms with van der Waals surface area (Å²) in [5, 5.41) is 6.53. The molecule has 1 unspecified atom stereocenters. The molecule has 0 saturated carbocycles. The third kappa shape index (κ3) is 4.25. The highest BCUT2D eigenvalue weighted by atomic mass is 19.1. The Morgan fingerprint density at radius 3 is 2.88 bits per heavy atom. The highest BCUT2D eigenvalue weighted by Gasteiger charge is 2.22. The van der Waals surface area contributed by atoms with Crippen LogP contribution in [0.5, 0.6) is 5.75 Å². The van der Waals surface area contributed by atoms with E-state index in [4.69, 9.17) is 4.74 Å². The summed E-state index contributed by atoms with van der Waals surface area (Å²) in [5.74, 6) is 1.50. The number of nitrogens with one attached hydrogen (secondary N) is 2. The van der Waals surface area contributed by atoms with Crippen LogP contribution in [0.2, 0.25) is 0 Å². The number of guanidine groups is 1. The zero-order valence-corrected chi connectivity index (χ0v) is 13.8. The Hall–Kier alpha value is -2.56. The Kier molecular flexibility index (Phi) is 5.31. The predicted molar refractivity (Wildman–Crippen MR) is 94.0 cm³/mol. The van der Waals surface area contributed by atoms with Gasteiger partial charge in [-0.25, -0.2) is 4.39 Å². The molecule has 0 spiro atoms. The number of halogens is 1. The molecule has 0 aromatic heterocycles. The van der Waals surface area contributed by atoms with Crippen molar-refractivity contribution in [2.45, 2.75) is 18.9 Å². The standard InChI is InChI=1S/C19H22FN3O/c1-21-19(22-10-9-14-5-4-7-16(20)11-14)23-13-17-12-15-6-2-3-8-18(15)24-17/h2-8,11,17H,9-10,12-13H2,1H3,(H2,21,22,23). The smallest absolute Gasteiger partial charge is 0.191 e. The van der Waals surface area contributed by atoms with E-state index in [-0.39, 0.29) is 11.9 Å². The van der Waals surface area contributed by atoms with E-state index < -0.39 is 0 Å².